The molecule has 2 amide bonds. The second-order valence-electron chi connectivity index (χ2n) is 10.5. The van der Waals surface area contributed by atoms with E-state index < -0.39 is 24.0 Å². The lowest BCUT2D eigenvalue weighted by molar-refractivity contribution is -0.122. The second-order valence-corrected chi connectivity index (χ2v) is 12.2. The third-order valence-electron chi connectivity index (χ3n) is 7.11. The summed E-state index contributed by atoms with van der Waals surface area (Å²) in [7, 11) is 2.99. The molecule has 0 saturated heterocycles. The van der Waals surface area contributed by atoms with Crippen molar-refractivity contribution in [2.75, 3.05) is 29.9 Å². The SMILES string of the molecule is COc1ccc(/N=N/C2C(=O)N(c3c(Cl)cc(Cl)cc3Cl)N=C2Nc2cc(NC(=O)C(C)Oc3ccc(O)c(C)c3)ccc2Cl)cc1OC. The Kier molecular flexibility index (Phi) is 11.0. The highest BCUT2D eigenvalue weighted by Crippen LogP contribution is 2.39. The number of phenols is 1. The van der Waals surface area contributed by atoms with E-state index in [0.29, 0.717) is 34.2 Å². The fourth-order valence-electron chi connectivity index (χ4n) is 4.59. The van der Waals surface area contributed by atoms with Crippen molar-refractivity contribution < 1.29 is 28.9 Å². The van der Waals surface area contributed by atoms with Gasteiger partial charge >= 0.3 is 0 Å². The molecule has 2 unspecified atom stereocenters. The predicted octanol–water partition coefficient (Wildman–Crippen LogP) is 8.66. The molecule has 0 saturated carbocycles. The fraction of sp³-hybridized carbons (Fsp3) is 0.182. The van der Waals surface area contributed by atoms with E-state index in [0.717, 1.165) is 5.01 Å². The lowest BCUT2D eigenvalue weighted by atomic mass is 10.2. The number of aromatic hydroxyl groups is 1. The molecule has 1 aliphatic rings. The second kappa shape index (κ2) is 15.2. The molecule has 1 heterocycles. The molecule has 49 heavy (non-hydrogen) atoms. The van der Waals surface area contributed by atoms with Gasteiger partial charge in [0.25, 0.3) is 11.8 Å². The highest BCUT2D eigenvalue weighted by molar-refractivity contribution is 6.43. The molecule has 5 rings (SSSR count). The standard InChI is InChI=1S/C33H28Cl4N6O6/c1-16-11-21(7-9-26(16)44)49-17(2)32(45)38-19-5-8-22(35)25(14-19)39-31-29(41-40-20-6-10-27(47-3)28(15-20)48-4)33(46)43(42-31)30-23(36)12-18(34)13-24(30)37/h5-15,17,29,44H,1-4H3,(H,38,45)(H,39,42)/b41-40+. The number of nitrogens with zero attached hydrogens (tertiary/aromatic N) is 4. The Morgan fingerprint density at radius 2 is 1.65 bits per heavy atom. The van der Waals surface area contributed by atoms with Crippen LogP contribution in [0.15, 0.2) is 82.1 Å². The van der Waals surface area contributed by atoms with Crippen LogP contribution in [0.3, 0.4) is 0 Å². The Balaban J connectivity index is 1.43. The van der Waals surface area contributed by atoms with E-state index in [2.05, 4.69) is 26.0 Å². The summed E-state index contributed by atoms with van der Waals surface area (Å²) >= 11 is 25.5. The monoisotopic (exact) mass is 744 g/mol. The maximum Gasteiger partial charge on any atom is 0.282 e. The molecular weight excluding hydrogens is 718 g/mol. The Morgan fingerprint density at radius 1 is 0.939 bits per heavy atom. The van der Waals surface area contributed by atoms with Crippen molar-refractivity contribution in [3.8, 4) is 23.0 Å². The minimum atomic E-state index is -1.30. The van der Waals surface area contributed by atoms with Crippen molar-refractivity contribution in [3.05, 3.63) is 92.4 Å². The van der Waals surface area contributed by atoms with Crippen molar-refractivity contribution in [1.29, 1.82) is 0 Å². The minimum Gasteiger partial charge on any atom is -0.508 e. The average Bonchev–Trinajstić information content (AvgIpc) is 3.36. The van der Waals surface area contributed by atoms with Crippen molar-refractivity contribution >= 4 is 86.8 Å². The molecule has 3 N–H and O–H groups in total. The smallest absolute Gasteiger partial charge is 0.282 e. The summed E-state index contributed by atoms with van der Waals surface area (Å²) in [5.41, 5.74) is 1.71. The van der Waals surface area contributed by atoms with E-state index in [9.17, 15) is 14.7 Å². The van der Waals surface area contributed by atoms with Gasteiger partial charge in [-0.1, -0.05) is 46.4 Å². The lowest BCUT2D eigenvalue weighted by Crippen LogP contribution is -2.33. The van der Waals surface area contributed by atoms with Crippen LogP contribution in [-0.4, -0.2) is 49.1 Å². The molecule has 16 heteroatoms. The van der Waals surface area contributed by atoms with Crippen molar-refractivity contribution in [3.63, 3.8) is 0 Å². The van der Waals surface area contributed by atoms with Crippen LogP contribution in [0.4, 0.5) is 22.7 Å². The number of methoxy groups -OCH3 is 2. The van der Waals surface area contributed by atoms with Crippen molar-refractivity contribution in [2.24, 2.45) is 15.3 Å². The Bertz CT molecular complexity index is 1970. The van der Waals surface area contributed by atoms with Gasteiger partial charge in [0.2, 0.25) is 6.04 Å². The number of amidine groups is 1. The summed E-state index contributed by atoms with van der Waals surface area (Å²) in [5, 5.41) is 30.3. The van der Waals surface area contributed by atoms with Crippen LogP contribution in [0.2, 0.25) is 20.1 Å². The van der Waals surface area contributed by atoms with Gasteiger partial charge in [-0.2, -0.15) is 15.2 Å². The zero-order valence-electron chi connectivity index (χ0n) is 26.3. The number of azo groups is 1. The first kappa shape index (κ1) is 35.6. The van der Waals surface area contributed by atoms with Crippen molar-refractivity contribution in [2.45, 2.75) is 26.0 Å². The van der Waals surface area contributed by atoms with E-state index >= 15 is 0 Å². The summed E-state index contributed by atoms with van der Waals surface area (Å²) in [4.78, 5) is 26.8. The van der Waals surface area contributed by atoms with Crippen LogP contribution in [-0.2, 0) is 9.59 Å². The highest BCUT2D eigenvalue weighted by Gasteiger charge is 2.39. The van der Waals surface area contributed by atoms with Crippen LogP contribution >= 0.6 is 46.4 Å². The number of rotatable bonds is 10. The third-order valence-corrected chi connectivity index (χ3v) is 8.23. The zero-order chi connectivity index (χ0) is 35.4. The quantitative estimate of drug-likeness (QED) is 0.138. The van der Waals surface area contributed by atoms with Gasteiger partial charge in [-0.05, 0) is 80.1 Å². The molecule has 0 spiro atoms. The molecule has 0 fully saturated rings. The van der Waals surface area contributed by atoms with Crippen LogP contribution in [0.1, 0.15) is 12.5 Å². The molecule has 0 bridgehead atoms. The number of hydrogen-bond acceptors (Lipinski definition) is 10. The summed E-state index contributed by atoms with van der Waals surface area (Å²) in [6.07, 6.45) is -0.892. The molecule has 4 aromatic carbocycles. The van der Waals surface area contributed by atoms with Crippen LogP contribution < -0.4 is 29.9 Å². The fourth-order valence-corrected chi connectivity index (χ4v) is 5.73. The average molecular weight is 746 g/mol. The number of nitrogens with one attached hydrogen (secondary N) is 2. The minimum absolute atomic E-state index is 0.0288. The van der Waals surface area contributed by atoms with Gasteiger partial charge in [-0.3, -0.25) is 9.59 Å². The number of amides is 2. The maximum absolute atomic E-state index is 13.8. The number of aryl methyl sites for hydroxylation is 1. The van der Waals surface area contributed by atoms with Gasteiger partial charge in [-0.25, -0.2) is 0 Å². The first-order valence-corrected chi connectivity index (χ1v) is 15.9. The number of hydrazone groups is 1. The van der Waals surface area contributed by atoms with Gasteiger partial charge in [0.1, 0.15) is 17.2 Å². The number of phenolic OH excluding ortho intramolecular Hbond substituents is 1. The Labute approximate surface area is 301 Å². The molecule has 0 aromatic heterocycles. The molecule has 0 radical (unpaired) electrons. The molecule has 254 valence electrons. The van der Waals surface area contributed by atoms with Crippen LogP contribution in [0.25, 0.3) is 0 Å². The molecule has 4 aromatic rings. The molecule has 1 aliphatic heterocycles. The predicted molar refractivity (Wildman–Crippen MR) is 191 cm³/mol. The molecule has 0 aliphatic carbocycles. The number of carbonyl (C=O) groups is 2. The van der Waals surface area contributed by atoms with Gasteiger partial charge in [-0.15, -0.1) is 5.10 Å². The number of hydrogen-bond donors (Lipinski definition) is 3. The Morgan fingerprint density at radius 3 is 2.33 bits per heavy atom. The summed E-state index contributed by atoms with van der Waals surface area (Å²) in [6.45, 7) is 3.30. The maximum atomic E-state index is 13.8. The molecule has 2 atom stereocenters. The summed E-state index contributed by atoms with van der Waals surface area (Å²) in [5.74, 6) is 0.375. The van der Waals surface area contributed by atoms with Crippen LogP contribution in [0.5, 0.6) is 23.0 Å². The largest absolute Gasteiger partial charge is 0.508 e. The Hall–Kier alpha value is -4.75. The number of anilines is 3. The summed E-state index contributed by atoms with van der Waals surface area (Å²) < 4.78 is 16.4. The molecular formula is C33H28Cl4N6O6. The van der Waals surface area contributed by atoms with E-state index in [1.54, 1.807) is 62.4 Å². The van der Waals surface area contributed by atoms with E-state index in [-0.39, 0.29) is 43.1 Å². The normalized spacial score (nSPS) is 14.9. The first-order valence-electron chi connectivity index (χ1n) is 14.4. The number of ether oxygens (including phenoxy) is 3. The van der Waals surface area contributed by atoms with Gasteiger partial charge in [0.15, 0.2) is 23.4 Å². The van der Waals surface area contributed by atoms with Gasteiger partial charge < -0.3 is 30.0 Å². The molecule has 12 nitrogen and oxygen atoms in total. The lowest BCUT2D eigenvalue weighted by Gasteiger charge is -2.16. The van der Waals surface area contributed by atoms with Crippen LogP contribution in [0, 0.1) is 6.92 Å². The van der Waals surface area contributed by atoms with E-state index in [1.165, 1.54) is 32.4 Å². The van der Waals surface area contributed by atoms with E-state index in [1.807, 2.05) is 0 Å². The number of benzene rings is 4. The van der Waals surface area contributed by atoms with Crippen molar-refractivity contribution in [1.82, 2.24) is 0 Å². The topological polar surface area (TPSA) is 146 Å². The first-order chi connectivity index (χ1) is 23.4. The number of halogens is 4. The van der Waals surface area contributed by atoms with E-state index in [4.69, 9.17) is 60.6 Å². The third kappa shape index (κ3) is 8.11. The van der Waals surface area contributed by atoms with Gasteiger partial charge in [0, 0.05) is 16.8 Å². The zero-order valence-corrected chi connectivity index (χ0v) is 29.3. The number of carbonyl (C=O) groups excluding carboxylic acids is 2. The highest BCUT2D eigenvalue weighted by atomic mass is 35.5. The summed E-state index contributed by atoms with van der Waals surface area (Å²) in [6, 6.07) is 15.8. The van der Waals surface area contributed by atoms with Gasteiger partial charge in [0.05, 0.1) is 40.7 Å².